The highest BCUT2D eigenvalue weighted by atomic mass is 32.2. The van der Waals surface area contributed by atoms with Gasteiger partial charge in [0.05, 0.1) is 10.9 Å². The number of benzene rings is 2. The molecule has 1 amide bonds. The number of sulfonamides is 1. The van der Waals surface area contributed by atoms with Gasteiger partial charge in [-0.2, -0.15) is 4.31 Å². The molecule has 0 aliphatic carbocycles. The third-order valence-corrected chi connectivity index (χ3v) is 7.23. The third-order valence-electron chi connectivity index (χ3n) is 5.32. The van der Waals surface area contributed by atoms with Crippen LogP contribution < -0.4 is 10.1 Å². The van der Waals surface area contributed by atoms with Gasteiger partial charge < -0.3 is 10.1 Å². The topological polar surface area (TPSA) is 75.7 Å². The molecule has 2 aromatic rings. The summed E-state index contributed by atoms with van der Waals surface area (Å²) in [5, 5.41) is 2.78. The van der Waals surface area contributed by atoms with Crippen LogP contribution in [0.5, 0.6) is 5.75 Å². The van der Waals surface area contributed by atoms with Gasteiger partial charge in [-0.25, -0.2) is 12.8 Å². The summed E-state index contributed by atoms with van der Waals surface area (Å²) in [5.74, 6) is 0.293. The first-order chi connectivity index (χ1) is 14.3. The summed E-state index contributed by atoms with van der Waals surface area (Å²) in [6.45, 7) is 4.79. The zero-order chi connectivity index (χ0) is 21.7. The van der Waals surface area contributed by atoms with Crippen LogP contribution in [0.25, 0.3) is 0 Å². The highest BCUT2D eigenvalue weighted by molar-refractivity contribution is 7.89. The van der Waals surface area contributed by atoms with E-state index in [0.717, 1.165) is 18.4 Å². The van der Waals surface area contributed by atoms with E-state index in [1.165, 1.54) is 28.6 Å². The number of carbonyl (C=O) groups excluding carboxylic acids is 1. The first kappa shape index (κ1) is 22.2. The molecule has 0 bridgehead atoms. The molecule has 1 saturated heterocycles. The summed E-state index contributed by atoms with van der Waals surface area (Å²) in [6, 6.07) is 11.7. The Kier molecular flexibility index (Phi) is 7.10. The van der Waals surface area contributed by atoms with Crippen molar-refractivity contribution in [2.45, 2.75) is 37.6 Å². The Hall–Kier alpha value is -2.45. The standard InChI is InChI=1S/C22H27FN2O4S/c1-16-11-13-25(14-12-16)30(27,28)21-9-7-20(8-10-21)29-15-22(26)24-17(2)18-3-5-19(23)6-4-18/h3-10,16-17H,11-15H2,1-2H3,(H,24,26)/t17-/m0/s1. The quantitative estimate of drug-likeness (QED) is 0.724. The Morgan fingerprint density at radius 2 is 1.73 bits per heavy atom. The van der Waals surface area contributed by atoms with Crippen LogP contribution in [0.4, 0.5) is 4.39 Å². The van der Waals surface area contributed by atoms with E-state index in [0.29, 0.717) is 24.8 Å². The fraction of sp³-hybridized carbons (Fsp3) is 0.409. The number of amides is 1. The lowest BCUT2D eigenvalue weighted by molar-refractivity contribution is -0.123. The molecule has 1 fully saturated rings. The van der Waals surface area contributed by atoms with E-state index in [2.05, 4.69) is 12.2 Å². The highest BCUT2D eigenvalue weighted by Crippen LogP contribution is 2.24. The first-order valence-corrected chi connectivity index (χ1v) is 11.5. The molecule has 1 aliphatic rings. The second-order valence-electron chi connectivity index (χ2n) is 7.69. The lowest BCUT2D eigenvalue weighted by Crippen LogP contribution is -2.37. The SMILES string of the molecule is CC1CCN(S(=O)(=O)c2ccc(OCC(=O)N[C@@H](C)c3ccc(F)cc3)cc2)CC1. The molecular weight excluding hydrogens is 407 g/mol. The summed E-state index contributed by atoms with van der Waals surface area (Å²) in [5.41, 5.74) is 0.784. The van der Waals surface area contributed by atoms with Crippen molar-refractivity contribution < 1.29 is 22.3 Å². The Labute approximate surface area is 177 Å². The zero-order valence-electron chi connectivity index (χ0n) is 17.2. The zero-order valence-corrected chi connectivity index (χ0v) is 18.0. The highest BCUT2D eigenvalue weighted by Gasteiger charge is 2.27. The van der Waals surface area contributed by atoms with E-state index >= 15 is 0 Å². The maximum Gasteiger partial charge on any atom is 0.258 e. The minimum absolute atomic E-state index is 0.207. The molecule has 30 heavy (non-hydrogen) atoms. The van der Waals surface area contributed by atoms with Crippen LogP contribution in [0.1, 0.15) is 38.3 Å². The van der Waals surface area contributed by atoms with Crippen molar-refractivity contribution in [3.63, 3.8) is 0 Å². The number of nitrogens with one attached hydrogen (secondary N) is 1. The molecule has 8 heteroatoms. The van der Waals surface area contributed by atoms with Gasteiger partial charge in [-0.3, -0.25) is 4.79 Å². The molecule has 1 aliphatic heterocycles. The Morgan fingerprint density at radius 1 is 1.13 bits per heavy atom. The van der Waals surface area contributed by atoms with Crippen LogP contribution in [-0.4, -0.2) is 38.3 Å². The number of halogens is 1. The van der Waals surface area contributed by atoms with Crippen molar-refractivity contribution >= 4 is 15.9 Å². The van der Waals surface area contributed by atoms with Crippen molar-refractivity contribution in [2.24, 2.45) is 5.92 Å². The first-order valence-electron chi connectivity index (χ1n) is 10.0. The maximum atomic E-state index is 13.0. The van der Waals surface area contributed by atoms with Crippen LogP contribution in [0, 0.1) is 11.7 Å². The summed E-state index contributed by atoms with van der Waals surface area (Å²) in [7, 11) is -3.51. The van der Waals surface area contributed by atoms with Gasteiger partial charge >= 0.3 is 0 Å². The summed E-state index contributed by atoms with van der Waals surface area (Å²) < 4.78 is 45.5. The van der Waals surface area contributed by atoms with Crippen LogP contribution >= 0.6 is 0 Å². The molecule has 6 nitrogen and oxygen atoms in total. The predicted molar refractivity (Wildman–Crippen MR) is 112 cm³/mol. The Morgan fingerprint density at radius 3 is 2.33 bits per heavy atom. The average molecular weight is 435 g/mol. The number of nitrogens with zero attached hydrogens (tertiary/aromatic N) is 1. The fourth-order valence-corrected chi connectivity index (χ4v) is 4.82. The second kappa shape index (κ2) is 9.57. The fourth-order valence-electron chi connectivity index (χ4n) is 3.35. The van der Waals surface area contributed by atoms with Crippen LogP contribution in [0.3, 0.4) is 0 Å². The van der Waals surface area contributed by atoms with Crippen molar-refractivity contribution in [3.05, 3.63) is 59.9 Å². The third kappa shape index (κ3) is 5.58. The van der Waals surface area contributed by atoms with Crippen LogP contribution in [0.15, 0.2) is 53.4 Å². The smallest absolute Gasteiger partial charge is 0.258 e. The lowest BCUT2D eigenvalue weighted by Gasteiger charge is -2.29. The number of ether oxygens (including phenoxy) is 1. The molecule has 1 atom stereocenters. The summed E-state index contributed by atoms with van der Waals surface area (Å²) in [6.07, 6.45) is 1.73. The van der Waals surface area contributed by atoms with Gasteiger partial charge in [0, 0.05) is 13.1 Å². The molecule has 0 saturated carbocycles. The minimum atomic E-state index is -3.51. The molecule has 1 N–H and O–H groups in total. The van der Waals surface area contributed by atoms with Gasteiger partial charge in [0.15, 0.2) is 6.61 Å². The molecule has 0 spiro atoms. The van der Waals surface area contributed by atoms with Crippen molar-refractivity contribution in [1.82, 2.24) is 9.62 Å². The van der Waals surface area contributed by atoms with Gasteiger partial charge in [0.1, 0.15) is 11.6 Å². The lowest BCUT2D eigenvalue weighted by atomic mass is 10.0. The van der Waals surface area contributed by atoms with E-state index in [1.54, 1.807) is 31.2 Å². The number of hydrogen-bond acceptors (Lipinski definition) is 4. The van der Waals surface area contributed by atoms with Crippen molar-refractivity contribution in [2.75, 3.05) is 19.7 Å². The predicted octanol–water partition coefficient (Wildman–Crippen LogP) is 3.50. The van der Waals surface area contributed by atoms with Crippen molar-refractivity contribution in [1.29, 1.82) is 0 Å². The van der Waals surface area contributed by atoms with Gasteiger partial charge in [0.2, 0.25) is 10.0 Å². The van der Waals surface area contributed by atoms with Gasteiger partial charge in [0.25, 0.3) is 5.91 Å². The molecule has 2 aromatic carbocycles. The van der Waals surface area contributed by atoms with E-state index in [1.807, 2.05) is 0 Å². The largest absolute Gasteiger partial charge is 0.484 e. The monoisotopic (exact) mass is 434 g/mol. The van der Waals surface area contributed by atoms with E-state index < -0.39 is 10.0 Å². The minimum Gasteiger partial charge on any atom is -0.484 e. The van der Waals surface area contributed by atoms with E-state index in [4.69, 9.17) is 4.74 Å². The number of rotatable bonds is 7. The molecule has 162 valence electrons. The number of piperidine rings is 1. The van der Waals surface area contributed by atoms with E-state index in [-0.39, 0.29) is 29.3 Å². The molecule has 0 radical (unpaired) electrons. The van der Waals surface area contributed by atoms with E-state index in [9.17, 15) is 17.6 Å². The normalized spacial score (nSPS) is 16.8. The van der Waals surface area contributed by atoms with Crippen molar-refractivity contribution in [3.8, 4) is 5.75 Å². The Bertz CT molecular complexity index is 954. The van der Waals surface area contributed by atoms with Crippen LogP contribution in [-0.2, 0) is 14.8 Å². The summed E-state index contributed by atoms with van der Waals surface area (Å²) >= 11 is 0. The number of hydrogen-bond donors (Lipinski definition) is 1. The molecular formula is C22H27FN2O4S. The average Bonchev–Trinajstić information content (AvgIpc) is 2.73. The summed E-state index contributed by atoms with van der Waals surface area (Å²) in [4.78, 5) is 12.3. The molecule has 0 unspecified atom stereocenters. The van der Waals surface area contributed by atoms with Gasteiger partial charge in [-0.15, -0.1) is 0 Å². The maximum absolute atomic E-state index is 13.0. The second-order valence-corrected chi connectivity index (χ2v) is 9.63. The number of carbonyl (C=O) groups is 1. The van der Waals surface area contributed by atoms with Gasteiger partial charge in [-0.1, -0.05) is 19.1 Å². The van der Waals surface area contributed by atoms with Crippen LogP contribution in [0.2, 0.25) is 0 Å². The molecule has 3 rings (SSSR count). The van der Waals surface area contributed by atoms with Gasteiger partial charge in [-0.05, 0) is 67.6 Å². The Balaban J connectivity index is 1.53. The molecule has 1 heterocycles. The molecule has 0 aromatic heterocycles.